The fraction of sp³-hybridized carbons (Fsp3) is 0.593. The normalized spacial score (nSPS) is 21.1. The van der Waals surface area contributed by atoms with Crippen LogP contribution in [0.3, 0.4) is 0 Å². The first-order valence-electron chi connectivity index (χ1n) is 12.8. The lowest BCUT2D eigenvalue weighted by molar-refractivity contribution is 0.0467. The predicted octanol–water partition coefficient (Wildman–Crippen LogP) is 5.97. The number of halogens is 2. The summed E-state index contributed by atoms with van der Waals surface area (Å²) in [6.07, 6.45) is 7.32. The van der Waals surface area contributed by atoms with Crippen molar-refractivity contribution in [3.63, 3.8) is 0 Å². The molecule has 2 aromatic heterocycles. The lowest BCUT2D eigenvalue weighted by Gasteiger charge is -2.33. The third-order valence-corrected chi connectivity index (χ3v) is 8.44. The minimum atomic E-state index is -0.512. The van der Waals surface area contributed by atoms with E-state index >= 15 is 0 Å². The van der Waals surface area contributed by atoms with Gasteiger partial charge in [-0.05, 0) is 90.4 Å². The fourth-order valence-electron chi connectivity index (χ4n) is 5.66. The molecule has 37 heavy (non-hydrogen) atoms. The highest BCUT2D eigenvalue weighted by Crippen LogP contribution is 2.47. The largest absolute Gasteiger partial charge is 0.443 e. The van der Waals surface area contributed by atoms with E-state index in [0.717, 1.165) is 65.8 Å². The molecule has 1 amide bonds. The third-order valence-electron chi connectivity index (χ3n) is 7.58. The number of hydrogen-bond acceptors (Lipinski definition) is 7. The van der Waals surface area contributed by atoms with Crippen molar-refractivity contribution in [2.75, 3.05) is 49.7 Å². The average molecular weight is 638 g/mol. The molecule has 200 valence electrons. The van der Waals surface area contributed by atoms with Gasteiger partial charge in [-0.2, -0.15) is 0 Å². The Balaban J connectivity index is 0.000000162. The van der Waals surface area contributed by atoms with E-state index in [1.807, 2.05) is 33.0 Å². The molecule has 0 bridgehead atoms. The molecular formula is C27H34Br2N4O4. The van der Waals surface area contributed by atoms with E-state index in [1.165, 1.54) is 11.4 Å². The van der Waals surface area contributed by atoms with Gasteiger partial charge < -0.3 is 19.5 Å². The maximum atomic E-state index is 12.6. The zero-order valence-corrected chi connectivity index (χ0v) is 24.8. The van der Waals surface area contributed by atoms with Crippen LogP contribution < -0.4 is 10.2 Å². The van der Waals surface area contributed by atoms with Crippen molar-refractivity contribution in [2.24, 2.45) is 0 Å². The van der Waals surface area contributed by atoms with Gasteiger partial charge in [0.25, 0.3) is 0 Å². The Morgan fingerprint density at radius 3 is 2.14 bits per heavy atom. The fourth-order valence-corrected chi connectivity index (χ4v) is 6.31. The minimum Gasteiger partial charge on any atom is -0.443 e. The smallest absolute Gasteiger partial charge is 0.414 e. The van der Waals surface area contributed by atoms with Crippen LogP contribution in [-0.2, 0) is 25.0 Å². The van der Waals surface area contributed by atoms with Gasteiger partial charge in [0.15, 0.2) is 0 Å². The second kappa shape index (κ2) is 10.4. The van der Waals surface area contributed by atoms with E-state index in [1.54, 1.807) is 11.1 Å². The van der Waals surface area contributed by atoms with Crippen LogP contribution in [0.25, 0.3) is 0 Å². The molecule has 6 heterocycles. The van der Waals surface area contributed by atoms with Crippen LogP contribution in [0.15, 0.2) is 33.5 Å². The highest BCUT2D eigenvalue weighted by atomic mass is 79.9. The first kappa shape index (κ1) is 26.8. The number of fused-ring (bicyclic) bond motifs is 4. The number of hydrogen-bond donors (Lipinski definition) is 1. The average Bonchev–Trinajstić information content (AvgIpc) is 3.34. The number of carbonyl (C=O) groups is 1. The van der Waals surface area contributed by atoms with Gasteiger partial charge in [0, 0.05) is 71.7 Å². The molecule has 2 saturated heterocycles. The summed E-state index contributed by atoms with van der Waals surface area (Å²) in [5.41, 5.74) is 3.87. The van der Waals surface area contributed by atoms with Crippen LogP contribution >= 0.6 is 31.9 Å². The maximum absolute atomic E-state index is 12.6. The molecule has 4 aliphatic heterocycles. The first-order valence-corrected chi connectivity index (χ1v) is 14.4. The van der Waals surface area contributed by atoms with Crippen LogP contribution in [0.1, 0.15) is 57.8 Å². The Labute approximate surface area is 235 Å². The molecule has 0 unspecified atom stereocenters. The Bertz CT molecular complexity index is 1160. The summed E-state index contributed by atoms with van der Waals surface area (Å²) >= 11 is 6.90. The summed E-state index contributed by atoms with van der Waals surface area (Å²) in [5, 5.41) is 3.45. The second-order valence-corrected chi connectivity index (χ2v) is 13.1. The van der Waals surface area contributed by atoms with Gasteiger partial charge in [0.1, 0.15) is 5.60 Å². The topological polar surface area (TPSA) is 85.8 Å². The molecule has 0 aliphatic carbocycles. The molecule has 0 radical (unpaired) electrons. The van der Waals surface area contributed by atoms with Gasteiger partial charge >= 0.3 is 6.09 Å². The van der Waals surface area contributed by atoms with E-state index in [9.17, 15) is 4.79 Å². The highest BCUT2D eigenvalue weighted by Gasteiger charge is 2.48. The number of aromatic nitrogens is 2. The van der Waals surface area contributed by atoms with Crippen molar-refractivity contribution in [3.05, 3.63) is 44.9 Å². The standard InChI is InChI=1S/C16H21BrN2O3.C11H13BrN2O/c1-15(2,3)22-14(20)19-10-16(4-6-21-7-5-16)13-12(19)8-11(17)9-18-13;12-8-5-9-10(13-6-8)11(7-14-9)1-3-15-4-2-11/h8-9H,4-7,10H2,1-3H3;5-6,14H,1-4,7H2. The van der Waals surface area contributed by atoms with E-state index in [2.05, 4.69) is 53.2 Å². The van der Waals surface area contributed by atoms with E-state index in [0.29, 0.717) is 19.8 Å². The highest BCUT2D eigenvalue weighted by molar-refractivity contribution is 9.10. The number of ether oxygens (including phenoxy) is 3. The van der Waals surface area contributed by atoms with Gasteiger partial charge in [-0.25, -0.2) is 4.79 Å². The number of anilines is 2. The number of nitrogens with one attached hydrogen (secondary N) is 1. The predicted molar refractivity (Wildman–Crippen MR) is 149 cm³/mol. The SMILES string of the molecule is Brc1cnc2c(c1)NCC21CCOCC1.CC(C)(C)OC(=O)N1CC2(CCOCC2)c2ncc(Br)cc21. The van der Waals surface area contributed by atoms with Crippen LogP contribution in [0, 0.1) is 0 Å². The number of rotatable bonds is 0. The zero-order valence-electron chi connectivity index (χ0n) is 21.6. The first-order chi connectivity index (χ1) is 17.6. The molecule has 2 spiro atoms. The van der Waals surface area contributed by atoms with E-state index in [-0.39, 0.29) is 16.9 Å². The molecule has 2 fully saturated rings. The van der Waals surface area contributed by atoms with E-state index in [4.69, 9.17) is 14.2 Å². The Morgan fingerprint density at radius 2 is 1.51 bits per heavy atom. The third kappa shape index (κ3) is 5.53. The molecule has 2 aromatic rings. The molecule has 0 atom stereocenters. The molecule has 0 saturated carbocycles. The molecule has 10 heteroatoms. The summed E-state index contributed by atoms with van der Waals surface area (Å²) in [5.74, 6) is 0. The lowest BCUT2D eigenvalue weighted by atomic mass is 9.78. The Kier molecular flexibility index (Phi) is 7.57. The summed E-state index contributed by atoms with van der Waals surface area (Å²) < 4.78 is 18.4. The zero-order chi connectivity index (χ0) is 26.3. The van der Waals surface area contributed by atoms with Crippen molar-refractivity contribution in [3.8, 4) is 0 Å². The molecule has 4 aliphatic rings. The van der Waals surface area contributed by atoms with Crippen molar-refractivity contribution < 1.29 is 19.0 Å². The summed E-state index contributed by atoms with van der Waals surface area (Å²) in [4.78, 5) is 23.5. The monoisotopic (exact) mass is 636 g/mol. The van der Waals surface area contributed by atoms with Gasteiger partial charge in [-0.1, -0.05) is 0 Å². The number of pyridine rings is 2. The molecule has 6 rings (SSSR count). The second-order valence-electron chi connectivity index (χ2n) is 11.3. The van der Waals surface area contributed by atoms with Crippen molar-refractivity contribution >= 4 is 49.3 Å². The van der Waals surface area contributed by atoms with Gasteiger partial charge in [-0.3, -0.25) is 14.9 Å². The molecule has 0 aromatic carbocycles. The van der Waals surface area contributed by atoms with Crippen LogP contribution in [-0.4, -0.2) is 61.2 Å². The van der Waals surface area contributed by atoms with Crippen LogP contribution in [0.5, 0.6) is 0 Å². The summed E-state index contributed by atoms with van der Waals surface area (Å²) in [7, 11) is 0. The number of nitrogens with zero attached hydrogens (tertiary/aromatic N) is 3. The summed E-state index contributed by atoms with van der Waals surface area (Å²) in [6.45, 7) is 10.4. The minimum absolute atomic E-state index is 0.106. The van der Waals surface area contributed by atoms with Gasteiger partial charge in [-0.15, -0.1) is 0 Å². The van der Waals surface area contributed by atoms with Gasteiger partial charge in [0.2, 0.25) is 0 Å². The number of carbonyl (C=O) groups excluding carboxylic acids is 1. The van der Waals surface area contributed by atoms with E-state index < -0.39 is 5.60 Å². The van der Waals surface area contributed by atoms with Crippen LogP contribution in [0.2, 0.25) is 0 Å². The molecule has 8 nitrogen and oxygen atoms in total. The summed E-state index contributed by atoms with van der Waals surface area (Å²) in [6, 6.07) is 4.07. The van der Waals surface area contributed by atoms with Crippen LogP contribution in [0.4, 0.5) is 16.2 Å². The lowest BCUT2D eigenvalue weighted by Crippen LogP contribution is -2.42. The molecular weight excluding hydrogens is 604 g/mol. The molecule has 1 N–H and O–H groups in total. The van der Waals surface area contributed by atoms with Gasteiger partial charge in [0.05, 0.1) is 22.8 Å². The van der Waals surface area contributed by atoms with Crippen molar-refractivity contribution in [2.45, 2.75) is 62.9 Å². The maximum Gasteiger partial charge on any atom is 0.414 e. The Hall–Kier alpha value is -1.75. The number of amides is 1. The van der Waals surface area contributed by atoms with Crippen molar-refractivity contribution in [1.29, 1.82) is 0 Å². The Morgan fingerprint density at radius 1 is 0.946 bits per heavy atom. The quantitative estimate of drug-likeness (QED) is 0.381. The van der Waals surface area contributed by atoms with Crippen molar-refractivity contribution in [1.82, 2.24) is 9.97 Å².